The molecule has 2 aromatic heterocycles. The number of amides is 1. The number of carbonyl (C=O) groups is 1. The molecule has 30 heavy (non-hydrogen) atoms. The lowest BCUT2D eigenvalue weighted by Crippen LogP contribution is -2.12. The van der Waals surface area contributed by atoms with Crippen LogP contribution in [0.15, 0.2) is 60.0 Å². The molecule has 2 heterocycles. The molecule has 4 aromatic rings. The van der Waals surface area contributed by atoms with Crippen LogP contribution in [-0.4, -0.2) is 35.8 Å². The molecule has 0 aliphatic rings. The smallest absolute Gasteiger partial charge is 0.275 e. The highest BCUT2D eigenvalue weighted by Gasteiger charge is 2.17. The quantitative estimate of drug-likeness (QED) is 0.432. The summed E-state index contributed by atoms with van der Waals surface area (Å²) in [6.45, 7) is 3.85. The SMILES string of the molecule is CCOc1ccc(NC(=O)c2csc(-c3cc4ccccc4n3CCOC)n2)cc1. The van der Waals surface area contributed by atoms with E-state index in [0.29, 0.717) is 31.1 Å². The van der Waals surface area contributed by atoms with Crippen LogP contribution >= 0.6 is 11.3 Å². The summed E-state index contributed by atoms with van der Waals surface area (Å²) in [5.41, 5.74) is 3.21. The van der Waals surface area contributed by atoms with Crippen molar-refractivity contribution in [3.8, 4) is 16.5 Å². The van der Waals surface area contributed by atoms with Crippen LogP contribution in [0.3, 0.4) is 0 Å². The molecular formula is C23H23N3O3S. The number of hydrogen-bond acceptors (Lipinski definition) is 5. The zero-order valence-corrected chi connectivity index (χ0v) is 17.7. The number of hydrogen-bond donors (Lipinski definition) is 1. The normalized spacial score (nSPS) is 11.0. The number of benzene rings is 2. The standard InChI is InChI=1S/C23H23N3O3S/c1-3-29-18-10-8-17(9-11-18)24-22(27)19-15-30-23(25-19)21-14-16-6-4-5-7-20(16)26(21)12-13-28-2/h4-11,14-15H,3,12-13H2,1-2H3,(H,24,27). The third-order valence-electron chi connectivity index (χ3n) is 4.71. The Bertz CT molecular complexity index is 1150. The first kappa shape index (κ1) is 20.1. The minimum Gasteiger partial charge on any atom is -0.494 e. The second-order valence-corrected chi connectivity index (χ2v) is 7.54. The van der Waals surface area contributed by atoms with Gasteiger partial charge < -0.3 is 19.4 Å². The maximum absolute atomic E-state index is 12.7. The average Bonchev–Trinajstić information content (AvgIpc) is 3.39. The first-order chi connectivity index (χ1) is 14.7. The Morgan fingerprint density at radius 2 is 1.97 bits per heavy atom. The molecule has 154 valence electrons. The molecule has 0 bridgehead atoms. The van der Waals surface area contributed by atoms with Crippen molar-refractivity contribution in [2.75, 3.05) is 25.6 Å². The number of thiazole rings is 1. The van der Waals surface area contributed by atoms with E-state index in [1.807, 2.05) is 43.3 Å². The van der Waals surface area contributed by atoms with Crippen LogP contribution < -0.4 is 10.1 Å². The van der Waals surface area contributed by atoms with Crippen LogP contribution in [0.2, 0.25) is 0 Å². The first-order valence-electron chi connectivity index (χ1n) is 9.77. The molecule has 1 amide bonds. The topological polar surface area (TPSA) is 65.4 Å². The molecule has 1 N–H and O–H groups in total. The largest absolute Gasteiger partial charge is 0.494 e. The molecule has 0 saturated heterocycles. The molecule has 0 unspecified atom stereocenters. The van der Waals surface area contributed by atoms with Crippen molar-refractivity contribution in [3.63, 3.8) is 0 Å². The van der Waals surface area contributed by atoms with E-state index < -0.39 is 0 Å². The Morgan fingerprint density at radius 3 is 2.73 bits per heavy atom. The summed E-state index contributed by atoms with van der Waals surface area (Å²) >= 11 is 1.46. The Kier molecular flexibility index (Phi) is 6.11. The molecule has 0 saturated carbocycles. The zero-order valence-electron chi connectivity index (χ0n) is 16.9. The fraction of sp³-hybridized carbons (Fsp3) is 0.217. The van der Waals surface area contributed by atoms with Gasteiger partial charge in [0.25, 0.3) is 5.91 Å². The summed E-state index contributed by atoms with van der Waals surface area (Å²) in [4.78, 5) is 17.3. The van der Waals surface area contributed by atoms with Gasteiger partial charge in [0, 0.05) is 35.6 Å². The molecule has 7 heteroatoms. The maximum atomic E-state index is 12.7. The van der Waals surface area contributed by atoms with Gasteiger partial charge in [-0.1, -0.05) is 18.2 Å². The molecule has 0 aliphatic heterocycles. The van der Waals surface area contributed by atoms with Gasteiger partial charge in [-0.3, -0.25) is 4.79 Å². The second-order valence-electron chi connectivity index (χ2n) is 6.68. The lowest BCUT2D eigenvalue weighted by Gasteiger charge is -2.08. The fourth-order valence-electron chi connectivity index (χ4n) is 3.30. The van der Waals surface area contributed by atoms with Crippen LogP contribution in [-0.2, 0) is 11.3 Å². The minimum absolute atomic E-state index is 0.235. The number of aromatic nitrogens is 2. The van der Waals surface area contributed by atoms with Gasteiger partial charge in [0.2, 0.25) is 0 Å². The van der Waals surface area contributed by atoms with E-state index in [2.05, 4.69) is 33.1 Å². The molecule has 0 aliphatic carbocycles. The maximum Gasteiger partial charge on any atom is 0.275 e. The summed E-state index contributed by atoms with van der Waals surface area (Å²) < 4.78 is 12.9. The van der Waals surface area contributed by atoms with Crippen LogP contribution in [0.5, 0.6) is 5.75 Å². The monoisotopic (exact) mass is 421 g/mol. The molecule has 4 rings (SSSR count). The highest BCUT2D eigenvalue weighted by Crippen LogP contribution is 2.30. The zero-order chi connectivity index (χ0) is 20.9. The molecule has 0 spiro atoms. The fourth-order valence-corrected chi connectivity index (χ4v) is 4.13. The number of methoxy groups -OCH3 is 1. The van der Waals surface area contributed by atoms with E-state index in [1.165, 1.54) is 11.3 Å². The lowest BCUT2D eigenvalue weighted by atomic mass is 10.2. The number of ether oxygens (including phenoxy) is 2. The van der Waals surface area contributed by atoms with Gasteiger partial charge in [0.15, 0.2) is 0 Å². The molecule has 0 fully saturated rings. The van der Waals surface area contributed by atoms with Crippen molar-refractivity contribution >= 4 is 33.8 Å². The third kappa shape index (κ3) is 4.22. The van der Waals surface area contributed by atoms with E-state index in [0.717, 1.165) is 27.4 Å². The van der Waals surface area contributed by atoms with Crippen LogP contribution in [0.25, 0.3) is 21.6 Å². The van der Waals surface area contributed by atoms with Crippen LogP contribution in [0, 0.1) is 0 Å². The van der Waals surface area contributed by atoms with E-state index >= 15 is 0 Å². The predicted molar refractivity (Wildman–Crippen MR) is 120 cm³/mol. The van der Waals surface area contributed by atoms with Gasteiger partial charge in [-0.05, 0) is 43.3 Å². The number of anilines is 1. The van der Waals surface area contributed by atoms with Gasteiger partial charge in [0.1, 0.15) is 16.5 Å². The van der Waals surface area contributed by atoms with Gasteiger partial charge in [-0.25, -0.2) is 4.98 Å². The number of para-hydroxylation sites is 1. The number of nitrogens with zero attached hydrogens (tertiary/aromatic N) is 2. The molecular weight excluding hydrogens is 398 g/mol. The lowest BCUT2D eigenvalue weighted by molar-refractivity contribution is 0.102. The van der Waals surface area contributed by atoms with Crippen molar-refractivity contribution in [3.05, 3.63) is 65.7 Å². The second kappa shape index (κ2) is 9.11. The number of nitrogens with one attached hydrogen (secondary N) is 1. The average molecular weight is 422 g/mol. The van der Waals surface area contributed by atoms with E-state index in [-0.39, 0.29) is 5.91 Å². The summed E-state index contributed by atoms with van der Waals surface area (Å²) in [5, 5.41) is 6.62. The van der Waals surface area contributed by atoms with Gasteiger partial charge in [0.05, 0.1) is 18.9 Å². The predicted octanol–water partition coefficient (Wildman–Crippen LogP) is 5.06. The number of carbonyl (C=O) groups excluding carboxylic acids is 1. The van der Waals surface area contributed by atoms with Crippen molar-refractivity contribution in [2.45, 2.75) is 13.5 Å². The Hall–Kier alpha value is -3.16. The highest BCUT2D eigenvalue weighted by atomic mass is 32.1. The van der Waals surface area contributed by atoms with Gasteiger partial charge in [-0.15, -0.1) is 11.3 Å². The molecule has 0 atom stereocenters. The van der Waals surface area contributed by atoms with Crippen LogP contribution in [0.4, 0.5) is 5.69 Å². The third-order valence-corrected chi connectivity index (χ3v) is 5.57. The number of fused-ring (bicyclic) bond motifs is 1. The van der Waals surface area contributed by atoms with E-state index in [1.54, 1.807) is 12.5 Å². The Balaban J connectivity index is 1.57. The molecule has 6 nitrogen and oxygen atoms in total. The van der Waals surface area contributed by atoms with Crippen LogP contribution in [0.1, 0.15) is 17.4 Å². The molecule has 0 radical (unpaired) electrons. The van der Waals surface area contributed by atoms with Crippen molar-refractivity contribution < 1.29 is 14.3 Å². The van der Waals surface area contributed by atoms with Crippen molar-refractivity contribution in [2.24, 2.45) is 0 Å². The van der Waals surface area contributed by atoms with E-state index in [9.17, 15) is 4.79 Å². The minimum atomic E-state index is -0.235. The highest BCUT2D eigenvalue weighted by molar-refractivity contribution is 7.13. The summed E-state index contributed by atoms with van der Waals surface area (Å²) in [6.07, 6.45) is 0. The summed E-state index contributed by atoms with van der Waals surface area (Å²) in [6, 6.07) is 17.6. The summed E-state index contributed by atoms with van der Waals surface area (Å²) in [5.74, 6) is 0.538. The van der Waals surface area contributed by atoms with Gasteiger partial charge in [-0.2, -0.15) is 0 Å². The Labute approximate surface area is 179 Å². The number of rotatable bonds is 8. The van der Waals surface area contributed by atoms with E-state index in [4.69, 9.17) is 9.47 Å². The van der Waals surface area contributed by atoms with Crippen molar-refractivity contribution in [1.82, 2.24) is 9.55 Å². The molecule has 2 aromatic carbocycles. The first-order valence-corrected chi connectivity index (χ1v) is 10.6. The Morgan fingerprint density at radius 1 is 1.17 bits per heavy atom. The summed E-state index contributed by atoms with van der Waals surface area (Å²) in [7, 11) is 1.69. The van der Waals surface area contributed by atoms with Crippen molar-refractivity contribution in [1.29, 1.82) is 0 Å². The van der Waals surface area contributed by atoms with Gasteiger partial charge >= 0.3 is 0 Å².